The van der Waals surface area contributed by atoms with Gasteiger partial charge in [-0.15, -0.1) is 0 Å². The van der Waals surface area contributed by atoms with E-state index in [-0.39, 0.29) is 11.9 Å². The molecule has 0 unspecified atom stereocenters. The molecule has 0 bridgehead atoms. The van der Waals surface area contributed by atoms with Crippen LogP contribution in [0.25, 0.3) is 0 Å². The molecule has 0 spiro atoms. The van der Waals surface area contributed by atoms with Gasteiger partial charge in [0.05, 0.1) is 5.60 Å². The number of aliphatic hydroxyl groups is 1. The molecule has 152 valence electrons. The molecular weight excluding hydrogens is 361 g/mol. The molecule has 0 aliphatic heterocycles. The van der Waals surface area contributed by atoms with Gasteiger partial charge in [-0.2, -0.15) is 0 Å². The smallest absolute Gasteiger partial charge is 0.123 e. The third kappa shape index (κ3) is 5.99. The molecule has 29 heavy (non-hydrogen) atoms. The van der Waals surface area contributed by atoms with Gasteiger partial charge in [0.25, 0.3) is 0 Å². The molecule has 0 fully saturated rings. The summed E-state index contributed by atoms with van der Waals surface area (Å²) < 4.78 is 14.0. The highest BCUT2D eigenvalue weighted by atomic mass is 19.1. The van der Waals surface area contributed by atoms with Crippen molar-refractivity contribution in [3.63, 3.8) is 0 Å². The van der Waals surface area contributed by atoms with Gasteiger partial charge >= 0.3 is 0 Å². The molecule has 3 rings (SSSR count). The molecule has 3 aromatic carbocycles. The van der Waals surface area contributed by atoms with Crippen molar-refractivity contribution in [1.29, 1.82) is 0 Å². The number of halogens is 1. The third-order valence-electron chi connectivity index (χ3n) is 5.26. The van der Waals surface area contributed by atoms with E-state index in [2.05, 4.69) is 36.5 Å². The van der Waals surface area contributed by atoms with Crippen molar-refractivity contribution in [3.05, 3.63) is 107 Å². The number of rotatable bonds is 8. The van der Waals surface area contributed by atoms with Crippen molar-refractivity contribution >= 4 is 0 Å². The second-order valence-corrected chi connectivity index (χ2v) is 8.63. The van der Waals surface area contributed by atoms with Crippen molar-refractivity contribution in [2.24, 2.45) is 0 Å². The van der Waals surface area contributed by atoms with Gasteiger partial charge in [-0.3, -0.25) is 0 Å². The molecule has 2 nitrogen and oxygen atoms in total. The number of hydrogen-bond donors (Lipinski definition) is 2. The first-order valence-corrected chi connectivity index (χ1v) is 10.1. The van der Waals surface area contributed by atoms with E-state index in [0.717, 1.165) is 17.5 Å². The third-order valence-corrected chi connectivity index (χ3v) is 5.26. The standard InChI is InChI=1S/C26H30FNO/c1-25(2,29)19-24(21-13-10-16-23(27)17-21)28-26(3,22-14-8-5-9-15-22)18-20-11-6-4-7-12-20/h4-17,24,28-29H,18-19H2,1-3H3/t24-,26+/m1/s1. The summed E-state index contributed by atoms with van der Waals surface area (Å²) in [4.78, 5) is 0. The fraction of sp³-hybridized carbons (Fsp3) is 0.308. The summed E-state index contributed by atoms with van der Waals surface area (Å²) in [5.74, 6) is -0.269. The molecular formula is C26H30FNO. The minimum absolute atomic E-state index is 0.209. The zero-order valence-corrected chi connectivity index (χ0v) is 17.4. The van der Waals surface area contributed by atoms with E-state index < -0.39 is 11.1 Å². The van der Waals surface area contributed by atoms with Gasteiger partial charge in [-0.1, -0.05) is 72.8 Å². The summed E-state index contributed by atoms with van der Waals surface area (Å²) >= 11 is 0. The normalized spacial score (nSPS) is 14.9. The van der Waals surface area contributed by atoms with Crippen LogP contribution in [0.5, 0.6) is 0 Å². The highest BCUT2D eigenvalue weighted by molar-refractivity contribution is 5.30. The zero-order valence-electron chi connectivity index (χ0n) is 17.4. The van der Waals surface area contributed by atoms with Crippen molar-refractivity contribution in [2.75, 3.05) is 0 Å². The monoisotopic (exact) mass is 391 g/mol. The lowest BCUT2D eigenvalue weighted by molar-refractivity contribution is 0.0538. The van der Waals surface area contributed by atoms with Gasteiger partial charge < -0.3 is 10.4 Å². The molecule has 0 saturated heterocycles. The van der Waals surface area contributed by atoms with Gasteiger partial charge in [0.1, 0.15) is 5.82 Å². The van der Waals surface area contributed by atoms with Crippen LogP contribution in [0.3, 0.4) is 0 Å². The largest absolute Gasteiger partial charge is 0.390 e. The van der Waals surface area contributed by atoms with Crippen LogP contribution in [0.4, 0.5) is 4.39 Å². The summed E-state index contributed by atoms with van der Waals surface area (Å²) in [6.07, 6.45) is 1.24. The lowest BCUT2D eigenvalue weighted by Crippen LogP contribution is -2.45. The summed E-state index contributed by atoms with van der Waals surface area (Å²) in [6.45, 7) is 5.75. The van der Waals surface area contributed by atoms with Crippen LogP contribution in [0, 0.1) is 5.82 Å². The predicted molar refractivity (Wildman–Crippen MR) is 117 cm³/mol. The van der Waals surface area contributed by atoms with Crippen molar-refractivity contribution in [2.45, 2.75) is 50.8 Å². The summed E-state index contributed by atoms with van der Waals surface area (Å²) in [7, 11) is 0. The lowest BCUT2D eigenvalue weighted by Gasteiger charge is -2.38. The summed E-state index contributed by atoms with van der Waals surface area (Å²) in [5.41, 5.74) is 1.91. The van der Waals surface area contributed by atoms with Crippen molar-refractivity contribution in [1.82, 2.24) is 5.32 Å². The van der Waals surface area contributed by atoms with Crippen LogP contribution in [-0.2, 0) is 12.0 Å². The van der Waals surface area contributed by atoms with E-state index >= 15 is 0 Å². The van der Waals surface area contributed by atoms with Crippen LogP contribution < -0.4 is 5.32 Å². The Morgan fingerprint density at radius 2 is 1.48 bits per heavy atom. The van der Waals surface area contributed by atoms with E-state index in [0.29, 0.717) is 6.42 Å². The Labute approximate surface area is 173 Å². The lowest BCUT2D eigenvalue weighted by atomic mass is 9.82. The highest BCUT2D eigenvalue weighted by Gasteiger charge is 2.32. The molecule has 2 atom stereocenters. The molecule has 3 aromatic rings. The van der Waals surface area contributed by atoms with Gasteiger partial charge in [-0.05, 0) is 62.4 Å². The van der Waals surface area contributed by atoms with E-state index in [9.17, 15) is 9.50 Å². The van der Waals surface area contributed by atoms with E-state index in [1.165, 1.54) is 11.6 Å². The maximum absolute atomic E-state index is 14.0. The molecule has 0 aliphatic rings. The number of hydrogen-bond acceptors (Lipinski definition) is 2. The highest BCUT2D eigenvalue weighted by Crippen LogP contribution is 2.33. The first kappa shape index (κ1) is 21.2. The predicted octanol–water partition coefficient (Wildman–Crippen LogP) is 5.78. The molecule has 0 saturated carbocycles. The first-order valence-electron chi connectivity index (χ1n) is 10.1. The maximum atomic E-state index is 14.0. The van der Waals surface area contributed by atoms with Gasteiger partial charge in [-0.25, -0.2) is 4.39 Å². The Morgan fingerprint density at radius 3 is 2.07 bits per heavy atom. The van der Waals surface area contributed by atoms with Crippen LogP contribution in [-0.4, -0.2) is 10.7 Å². The SMILES string of the molecule is CC(C)(O)C[C@@H](N[C@@](C)(Cc1ccccc1)c1ccccc1)c1cccc(F)c1. The van der Waals surface area contributed by atoms with Crippen LogP contribution >= 0.6 is 0 Å². The number of benzene rings is 3. The van der Waals surface area contributed by atoms with Gasteiger partial charge in [0.15, 0.2) is 0 Å². The Hall–Kier alpha value is -2.49. The molecule has 0 aliphatic carbocycles. The Balaban J connectivity index is 2.00. The Kier molecular flexibility index (Phi) is 6.51. The summed E-state index contributed by atoms with van der Waals surface area (Å²) in [6, 6.07) is 27.1. The van der Waals surface area contributed by atoms with Crippen molar-refractivity contribution < 1.29 is 9.50 Å². The summed E-state index contributed by atoms with van der Waals surface area (Å²) in [5, 5.41) is 14.3. The quantitative estimate of drug-likeness (QED) is 0.510. The Morgan fingerprint density at radius 1 is 0.862 bits per heavy atom. The van der Waals surface area contributed by atoms with Crippen molar-refractivity contribution in [3.8, 4) is 0 Å². The fourth-order valence-electron chi connectivity index (χ4n) is 3.91. The molecule has 2 N–H and O–H groups in total. The van der Waals surface area contributed by atoms with Crippen LogP contribution in [0.2, 0.25) is 0 Å². The fourth-order valence-corrected chi connectivity index (χ4v) is 3.91. The van der Waals surface area contributed by atoms with E-state index in [1.807, 2.05) is 42.5 Å². The van der Waals surface area contributed by atoms with E-state index in [1.54, 1.807) is 26.0 Å². The van der Waals surface area contributed by atoms with Gasteiger partial charge in [0.2, 0.25) is 0 Å². The molecule has 0 heterocycles. The topological polar surface area (TPSA) is 32.3 Å². The average Bonchev–Trinajstić information content (AvgIpc) is 2.68. The van der Waals surface area contributed by atoms with Crippen LogP contribution in [0.1, 0.15) is 49.9 Å². The zero-order chi connectivity index (χ0) is 20.9. The second-order valence-electron chi connectivity index (χ2n) is 8.63. The number of nitrogens with one attached hydrogen (secondary N) is 1. The first-order chi connectivity index (χ1) is 13.8. The van der Waals surface area contributed by atoms with Gasteiger partial charge in [0, 0.05) is 11.6 Å². The molecule has 0 radical (unpaired) electrons. The molecule has 0 aromatic heterocycles. The minimum atomic E-state index is -0.895. The maximum Gasteiger partial charge on any atom is 0.123 e. The van der Waals surface area contributed by atoms with Crippen LogP contribution in [0.15, 0.2) is 84.9 Å². The second kappa shape index (κ2) is 8.89. The van der Waals surface area contributed by atoms with E-state index in [4.69, 9.17) is 0 Å². The average molecular weight is 392 g/mol. The molecule has 0 amide bonds. The Bertz CT molecular complexity index is 905. The minimum Gasteiger partial charge on any atom is -0.390 e. The molecule has 3 heteroatoms.